The molecule has 0 aromatic heterocycles. The Labute approximate surface area is 115 Å². The molecule has 0 saturated heterocycles. The smallest absolute Gasteiger partial charge is 0.341 e. The quantitative estimate of drug-likeness (QED) is 0.267. The summed E-state index contributed by atoms with van der Waals surface area (Å²) in [6.45, 7) is 1.03. The van der Waals surface area contributed by atoms with E-state index in [0.29, 0.717) is 5.56 Å². The first-order chi connectivity index (χ1) is 9.52. The van der Waals surface area contributed by atoms with Crippen molar-refractivity contribution in [2.24, 2.45) is 10.5 Å². The molecule has 1 aromatic carbocycles. The summed E-state index contributed by atoms with van der Waals surface area (Å²) < 4.78 is 4.77. The van der Waals surface area contributed by atoms with Crippen molar-refractivity contribution in [3.8, 4) is 0 Å². The standard InChI is InChI=1S/C12H15N3O5/c1-9(11(16)17)15(2)13-14-20-8-19-12(18)10-6-4-3-5-7-10/h3-7,9H,8H2,1-2H3,(H,16,17)/b14-13-/t9-/m0/s1. The van der Waals surface area contributed by atoms with Crippen molar-refractivity contribution in [2.75, 3.05) is 13.8 Å². The Morgan fingerprint density at radius 3 is 2.60 bits per heavy atom. The summed E-state index contributed by atoms with van der Waals surface area (Å²) in [6.07, 6.45) is 0. The largest absolute Gasteiger partial charge is 0.480 e. The number of ether oxygens (including phenoxy) is 1. The zero-order valence-electron chi connectivity index (χ0n) is 11.1. The van der Waals surface area contributed by atoms with Crippen LogP contribution in [0.15, 0.2) is 40.8 Å². The number of rotatable bonds is 7. The molecule has 108 valence electrons. The molecular formula is C12H15N3O5. The molecule has 8 nitrogen and oxygen atoms in total. The fraction of sp³-hybridized carbons (Fsp3) is 0.333. The van der Waals surface area contributed by atoms with Crippen LogP contribution in [0, 0.1) is 0 Å². The van der Waals surface area contributed by atoms with Crippen LogP contribution in [0.25, 0.3) is 0 Å². The van der Waals surface area contributed by atoms with Crippen molar-refractivity contribution in [1.82, 2.24) is 5.01 Å². The third-order valence-electron chi connectivity index (χ3n) is 2.41. The zero-order valence-corrected chi connectivity index (χ0v) is 11.1. The summed E-state index contributed by atoms with van der Waals surface area (Å²) in [5, 5.41) is 16.5. The lowest BCUT2D eigenvalue weighted by atomic mass is 10.2. The maximum atomic E-state index is 11.5. The molecule has 0 fully saturated rings. The molecule has 1 N–H and O–H groups in total. The van der Waals surface area contributed by atoms with E-state index in [2.05, 4.69) is 15.3 Å². The predicted octanol–water partition coefficient (Wildman–Crippen LogP) is 1.50. The number of esters is 1. The van der Waals surface area contributed by atoms with Gasteiger partial charge in [-0.25, -0.2) is 9.59 Å². The summed E-state index contributed by atoms with van der Waals surface area (Å²) in [4.78, 5) is 26.7. The molecule has 0 bridgehead atoms. The second kappa shape index (κ2) is 7.72. The van der Waals surface area contributed by atoms with Gasteiger partial charge in [-0.05, 0) is 24.3 Å². The predicted molar refractivity (Wildman–Crippen MR) is 67.5 cm³/mol. The van der Waals surface area contributed by atoms with E-state index in [-0.39, 0.29) is 0 Å². The lowest BCUT2D eigenvalue weighted by molar-refractivity contribution is -0.142. The Bertz CT molecular complexity index is 477. The summed E-state index contributed by atoms with van der Waals surface area (Å²) in [6, 6.07) is 7.56. The SMILES string of the molecule is C[C@@H](C(=O)O)N(C)/N=N\OCOC(=O)c1ccccc1. The van der Waals surface area contributed by atoms with Gasteiger partial charge in [0.05, 0.1) is 5.56 Å². The van der Waals surface area contributed by atoms with Gasteiger partial charge in [-0.3, -0.25) is 5.01 Å². The minimum atomic E-state index is -1.04. The Hall–Kier alpha value is -2.64. The van der Waals surface area contributed by atoms with Crippen molar-refractivity contribution in [3.05, 3.63) is 35.9 Å². The van der Waals surface area contributed by atoms with Gasteiger partial charge >= 0.3 is 11.9 Å². The molecule has 0 heterocycles. The number of carbonyl (C=O) groups excluding carboxylic acids is 1. The van der Waals surface area contributed by atoms with Crippen LogP contribution >= 0.6 is 0 Å². The Morgan fingerprint density at radius 2 is 2.00 bits per heavy atom. The number of nitrogens with zero attached hydrogens (tertiary/aromatic N) is 3. The van der Waals surface area contributed by atoms with Gasteiger partial charge in [-0.15, -0.1) is 0 Å². The van der Waals surface area contributed by atoms with Crippen LogP contribution < -0.4 is 0 Å². The van der Waals surface area contributed by atoms with Crippen molar-refractivity contribution in [2.45, 2.75) is 13.0 Å². The van der Waals surface area contributed by atoms with E-state index in [0.717, 1.165) is 5.01 Å². The highest BCUT2D eigenvalue weighted by molar-refractivity contribution is 5.89. The number of hydrogen-bond acceptors (Lipinski definition) is 6. The molecule has 0 unspecified atom stereocenters. The van der Waals surface area contributed by atoms with E-state index in [4.69, 9.17) is 9.84 Å². The molecule has 0 aliphatic heterocycles. The Kier molecular flexibility index (Phi) is 5.95. The van der Waals surface area contributed by atoms with Crippen LogP contribution in [0.5, 0.6) is 0 Å². The topological polar surface area (TPSA) is 101 Å². The molecule has 1 atom stereocenters. The normalized spacial score (nSPS) is 11.9. The Morgan fingerprint density at radius 1 is 1.35 bits per heavy atom. The first-order valence-electron chi connectivity index (χ1n) is 5.73. The molecule has 1 aromatic rings. The lowest BCUT2D eigenvalue weighted by Crippen LogP contribution is -2.31. The Balaban J connectivity index is 2.28. The highest BCUT2D eigenvalue weighted by Crippen LogP contribution is 2.01. The second-order valence-electron chi connectivity index (χ2n) is 3.80. The van der Waals surface area contributed by atoms with Crippen LogP contribution in [0.1, 0.15) is 17.3 Å². The molecule has 8 heteroatoms. The lowest BCUT2D eigenvalue weighted by Gasteiger charge is -2.14. The number of carboxylic acids is 1. The highest BCUT2D eigenvalue weighted by Gasteiger charge is 2.15. The maximum absolute atomic E-state index is 11.5. The molecule has 1 rings (SSSR count). The fourth-order valence-electron chi connectivity index (χ4n) is 1.08. The molecule has 0 spiro atoms. The average Bonchev–Trinajstić information content (AvgIpc) is 2.46. The van der Waals surface area contributed by atoms with Crippen molar-refractivity contribution >= 4 is 11.9 Å². The van der Waals surface area contributed by atoms with E-state index >= 15 is 0 Å². The first-order valence-corrected chi connectivity index (χ1v) is 5.73. The molecule has 0 aliphatic rings. The monoisotopic (exact) mass is 281 g/mol. The van der Waals surface area contributed by atoms with Crippen molar-refractivity contribution < 1.29 is 24.3 Å². The molecule has 0 radical (unpaired) electrons. The molecule has 20 heavy (non-hydrogen) atoms. The first kappa shape index (κ1) is 15.4. The number of hydrogen-bond donors (Lipinski definition) is 1. The van der Waals surface area contributed by atoms with Crippen molar-refractivity contribution in [1.29, 1.82) is 0 Å². The number of likely N-dealkylation sites (N-methyl/N-ethyl adjacent to an activating group) is 1. The molecular weight excluding hydrogens is 266 g/mol. The van der Waals surface area contributed by atoms with Crippen LogP contribution in [0.2, 0.25) is 0 Å². The van der Waals surface area contributed by atoms with E-state index in [1.807, 2.05) is 0 Å². The number of aliphatic carboxylic acids is 1. The van der Waals surface area contributed by atoms with Gasteiger partial charge in [0.1, 0.15) is 6.04 Å². The molecule has 0 aliphatic carbocycles. The van der Waals surface area contributed by atoms with Crippen LogP contribution in [0.4, 0.5) is 0 Å². The van der Waals surface area contributed by atoms with E-state index in [1.165, 1.54) is 14.0 Å². The van der Waals surface area contributed by atoms with Crippen LogP contribution in [-0.4, -0.2) is 41.9 Å². The van der Waals surface area contributed by atoms with Gasteiger partial charge in [-0.1, -0.05) is 18.2 Å². The number of carbonyl (C=O) groups is 2. The fourth-order valence-corrected chi connectivity index (χ4v) is 1.08. The number of carboxylic acid groups (broad SMARTS) is 1. The summed E-state index contributed by atoms with van der Waals surface area (Å²) in [7, 11) is 1.43. The average molecular weight is 281 g/mol. The van der Waals surface area contributed by atoms with E-state index in [1.54, 1.807) is 30.3 Å². The summed E-state index contributed by atoms with van der Waals surface area (Å²) in [5.41, 5.74) is 0.393. The summed E-state index contributed by atoms with van der Waals surface area (Å²) in [5.74, 6) is -1.59. The van der Waals surface area contributed by atoms with Crippen LogP contribution in [-0.2, 0) is 14.4 Å². The third kappa shape index (κ3) is 4.92. The summed E-state index contributed by atoms with van der Waals surface area (Å²) >= 11 is 0. The van der Waals surface area contributed by atoms with Gasteiger partial charge in [0.15, 0.2) is 0 Å². The van der Waals surface area contributed by atoms with E-state index < -0.39 is 24.8 Å². The van der Waals surface area contributed by atoms with Gasteiger partial charge < -0.3 is 14.7 Å². The van der Waals surface area contributed by atoms with Gasteiger partial charge in [0, 0.05) is 12.3 Å². The van der Waals surface area contributed by atoms with E-state index in [9.17, 15) is 9.59 Å². The van der Waals surface area contributed by atoms with Crippen molar-refractivity contribution in [3.63, 3.8) is 0 Å². The van der Waals surface area contributed by atoms with Gasteiger partial charge in [-0.2, -0.15) is 0 Å². The highest BCUT2D eigenvalue weighted by atomic mass is 16.8. The van der Waals surface area contributed by atoms with Gasteiger partial charge in [0.25, 0.3) is 6.79 Å². The minimum Gasteiger partial charge on any atom is -0.480 e. The molecule has 0 amide bonds. The molecule has 0 saturated carbocycles. The van der Waals surface area contributed by atoms with Gasteiger partial charge in [0.2, 0.25) is 0 Å². The maximum Gasteiger partial charge on any atom is 0.341 e. The third-order valence-corrected chi connectivity index (χ3v) is 2.41. The zero-order chi connectivity index (χ0) is 15.0. The second-order valence-corrected chi connectivity index (χ2v) is 3.80. The van der Waals surface area contributed by atoms with Crippen LogP contribution in [0.3, 0.4) is 0 Å². The minimum absolute atomic E-state index is 0.393. The number of benzene rings is 1.